The second-order valence-corrected chi connectivity index (χ2v) is 7.10. The van der Waals surface area contributed by atoms with Crippen LogP contribution in [-0.2, 0) is 11.2 Å². The Balaban J connectivity index is 1.71. The molecule has 0 saturated carbocycles. The van der Waals surface area contributed by atoms with Crippen LogP contribution >= 0.6 is 0 Å². The largest absolute Gasteiger partial charge is 0.324 e. The standard InChI is InChI=1S/C22H27N3O2/c1-4-17-8-5-7-16(3)20(17)24-21(26)19-9-6-14-25(19)22(27)23-18-12-10-15(2)11-13-18/h5,7-8,10-13,19H,4,6,9,14H2,1-3H3,(H,23,27)(H,24,26). The molecule has 1 fully saturated rings. The van der Waals surface area contributed by atoms with Gasteiger partial charge in [-0.05, 0) is 56.4 Å². The fraction of sp³-hybridized carbons (Fsp3) is 0.364. The molecule has 0 radical (unpaired) electrons. The third kappa shape index (κ3) is 4.30. The predicted octanol–water partition coefficient (Wildman–Crippen LogP) is 4.50. The van der Waals surface area contributed by atoms with Crippen molar-refractivity contribution >= 4 is 23.3 Å². The first kappa shape index (κ1) is 19.0. The summed E-state index contributed by atoms with van der Waals surface area (Å²) in [5.41, 5.74) is 4.89. The molecule has 27 heavy (non-hydrogen) atoms. The number of nitrogens with one attached hydrogen (secondary N) is 2. The molecular formula is C22H27N3O2. The molecule has 0 bridgehead atoms. The van der Waals surface area contributed by atoms with Crippen molar-refractivity contribution in [2.24, 2.45) is 0 Å². The van der Waals surface area contributed by atoms with Crippen LogP contribution < -0.4 is 10.6 Å². The van der Waals surface area contributed by atoms with Crippen molar-refractivity contribution < 1.29 is 9.59 Å². The number of benzene rings is 2. The minimum Gasteiger partial charge on any atom is -0.324 e. The van der Waals surface area contributed by atoms with Crippen molar-refractivity contribution in [3.8, 4) is 0 Å². The lowest BCUT2D eigenvalue weighted by Crippen LogP contribution is -2.45. The molecule has 2 aromatic carbocycles. The van der Waals surface area contributed by atoms with E-state index in [9.17, 15) is 9.59 Å². The number of nitrogens with zero attached hydrogens (tertiary/aromatic N) is 1. The van der Waals surface area contributed by atoms with Crippen molar-refractivity contribution in [2.75, 3.05) is 17.2 Å². The van der Waals surface area contributed by atoms with Crippen LogP contribution in [0.4, 0.5) is 16.2 Å². The zero-order valence-corrected chi connectivity index (χ0v) is 16.2. The van der Waals surface area contributed by atoms with Crippen LogP contribution in [0.5, 0.6) is 0 Å². The lowest BCUT2D eigenvalue weighted by molar-refractivity contribution is -0.119. The highest BCUT2D eigenvalue weighted by Crippen LogP contribution is 2.25. The van der Waals surface area contributed by atoms with E-state index in [0.29, 0.717) is 13.0 Å². The molecule has 0 aliphatic carbocycles. The Morgan fingerprint density at radius 3 is 2.52 bits per heavy atom. The Kier molecular flexibility index (Phi) is 5.79. The molecule has 1 aliphatic heterocycles. The van der Waals surface area contributed by atoms with Crippen LogP contribution in [0.1, 0.15) is 36.5 Å². The van der Waals surface area contributed by atoms with Crippen molar-refractivity contribution in [3.63, 3.8) is 0 Å². The third-order valence-corrected chi connectivity index (χ3v) is 5.11. The second-order valence-electron chi connectivity index (χ2n) is 7.10. The fourth-order valence-corrected chi connectivity index (χ4v) is 3.52. The molecule has 3 rings (SSSR count). The van der Waals surface area contributed by atoms with Gasteiger partial charge in [0, 0.05) is 17.9 Å². The van der Waals surface area contributed by atoms with E-state index in [4.69, 9.17) is 0 Å². The van der Waals surface area contributed by atoms with E-state index in [1.54, 1.807) is 4.90 Å². The predicted molar refractivity (Wildman–Crippen MR) is 109 cm³/mol. The molecule has 1 saturated heterocycles. The first-order valence-electron chi connectivity index (χ1n) is 9.53. The Morgan fingerprint density at radius 1 is 1.07 bits per heavy atom. The van der Waals surface area contributed by atoms with Gasteiger partial charge >= 0.3 is 6.03 Å². The smallest absolute Gasteiger partial charge is 0.322 e. The minimum absolute atomic E-state index is 0.115. The number of anilines is 2. The monoisotopic (exact) mass is 365 g/mol. The molecule has 5 heteroatoms. The summed E-state index contributed by atoms with van der Waals surface area (Å²) >= 11 is 0. The number of aryl methyl sites for hydroxylation is 3. The number of hydrogen-bond donors (Lipinski definition) is 2. The summed E-state index contributed by atoms with van der Waals surface area (Å²) in [5, 5.41) is 5.97. The summed E-state index contributed by atoms with van der Waals surface area (Å²) in [4.78, 5) is 27.2. The van der Waals surface area contributed by atoms with Crippen LogP contribution in [0.3, 0.4) is 0 Å². The Bertz CT molecular complexity index is 830. The number of likely N-dealkylation sites (tertiary alicyclic amines) is 1. The molecule has 2 N–H and O–H groups in total. The van der Waals surface area contributed by atoms with Crippen LogP contribution in [-0.4, -0.2) is 29.4 Å². The SMILES string of the molecule is CCc1cccc(C)c1NC(=O)C1CCCN1C(=O)Nc1ccc(C)cc1. The summed E-state index contributed by atoms with van der Waals surface area (Å²) in [6.07, 6.45) is 2.36. The molecule has 1 heterocycles. The average molecular weight is 365 g/mol. The van der Waals surface area contributed by atoms with Gasteiger partial charge in [0.2, 0.25) is 5.91 Å². The maximum Gasteiger partial charge on any atom is 0.322 e. The number of amides is 3. The van der Waals surface area contributed by atoms with Gasteiger partial charge in [0.15, 0.2) is 0 Å². The molecule has 0 aromatic heterocycles. The van der Waals surface area contributed by atoms with Gasteiger partial charge in [-0.3, -0.25) is 4.79 Å². The number of urea groups is 1. The quantitative estimate of drug-likeness (QED) is 0.838. The third-order valence-electron chi connectivity index (χ3n) is 5.11. The molecule has 142 valence electrons. The average Bonchev–Trinajstić information content (AvgIpc) is 3.15. The molecule has 0 spiro atoms. The first-order valence-corrected chi connectivity index (χ1v) is 9.53. The van der Waals surface area contributed by atoms with Gasteiger partial charge in [0.25, 0.3) is 0 Å². The zero-order chi connectivity index (χ0) is 19.4. The summed E-state index contributed by atoms with van der Waals surface area (Å²) in [6, 6.07) is 13.0. The van der Waals surface area contributed by atoms with E-state index in [0.717, 1.165) is 40.9 Å². The van der Waals surface area contributed by atoms with E-state index in [1.165, 1.54) is 0 Å². The van der Waals surface area contributed by atoms with Gasteiger partial charge in [-0.2, -0.15) is 0 Å². The van der Waals surface area contributed by atoms with E-state index in [2.05, 4.69) is 17.6 Å². The lowest BCUT2D eigenvalue weighted by Gasteiger charge is -2.25. The number of rotatable bonds is 4. The first-order chi connectivity index (χ1) is 13.0. The van der Waals surface area contributed by atoms with Crippen molar-refractivity contribution in [2.45, 2.75) is 46.1 Å². The molecule has 1 atom stereocenters. The Hall–Kier alpha value is -2.82. The summed E-state index contributed by atoms with van der Waals surface area (Å²) < 4.78 is 0. The van der Waals surface area contributed by atoms with Gasteiger partial charge < -0.3 is 15.5 Å². The summed E-state index contributed by atoms with van der Waals surface area (Å²) in [7, 11) is 0. The lowest BCUT2D eigenvalue weighted by atomic mass is 10.1. The van der Waals surface area contributed by atoms with Gasteiger partial charge in [0.05, 0.1) is 0 Å². The van der Waals surface area contributed by atoms with Gasteiger partial charge in [-0.15, -0.1) is 0 Å². The molecule has 1 aliphatic rings. The van der Waals surface area contributed by atoms with Crippen molar-refractivity contribution in [1.82, 2.24) is 4.90 Å². The van der Waals surface area contributed by atoms with Crippen LogP contribution in [0.25, 0.3) is 0 Å². The second kappa shape index (κ2) is 8.25. The molecule has 1 unspecified atom stereocenters. The fourth-order valence-electron chi connectivity index (χ4n) is 3.52. The normalized spacial score (nSPS) is 16.3. The topological polar surface area (TPSA) is 61.4 Å². The molecule has 5 nitrogen and oxygen atoms in total. The van der Waals surface area contributed by atoms with Gasteiger partial charge in [-0.25, -0.2) is 4.79 Å². The maximum absolute atomic E-state index is 12.9. The van der Waals surface area contributed by atoms with E-state index in [1.807, 2.05) is 56.3 Å². The van der Waals surface area contributed by atoms with Gasteiger partial charge in [-0.1, -0.05) is 42.8 Å². The van der Waals surface area contributed by atoms with E-state index < -0.39 is 6.04 Å². The highest BCUT2D eigenvalue weighted by molar-refractivity contribution is 6.00. The van der Waals surface area contributed by atoms with Crippen LogP contribution in [0, 0.1) is 13.8 Å². The van der Waals surface area contributed by atoms with E-state index in [-0.39, 0.29) is 11.9 Å². The van der Waals surface area contributed by atoms with Gasteiger partial charge in [0.1, 0.15) is 6.04 Å². The maximum atomic E-state index is 12.9. The minimum atomic E-state index is -0.445. The number of carbonyl (C=O) groups is 2. The number of carbonyl (C=O) groups excluding carboxylic acids is 2. The highest BCUT2D eigenvalue weighted by atomic mass is 16.2. The Labute approximate surface area is 160 Å². The van der Waals surface area contributed by atoms with Crippen LogP contribution in [0.2, 0.25) is 0 Å². The molecule has 3 amide bonds. The highest BCUT2D eigenvalue weighted by Gasteiger charge is 2.34. The van der Waals surface area contributed by atoms with E-state index >= 15 is 0 Å². The number of para-hydroxylation sites is 1. The zero-order valence-electron chi connectivity index (χ0n) is 16.2. The van der Waals surface area contributed by atoms with Crippen molar-refractivity contribution in [3.05, 3.63) is 59.2 Å². The number of hydrogen-bond acceptors (Lipinski definition) is 2. The van der Waals surface area contributed by atoms with Crippen LogP contribution in [0.15, 0.2) is 42.5 Å². The summed E-state index contributed by atoms with van der Waals surface area (Å²) in [6.45, 7) is 6.65. The summed E-state index contributed by atoms with van der Waals surface area (Å²) in [5.74, 6) is -0.115. The molecular weight excluding hydrogens is 338 g/mol. The Morgan fingerprint density at radius 2 is 1.81 bits per heavy atom. The molecule has 2 aromatic rings. The van der Waals surface area contributed by atoms with Crippen molar-refractivity contribution in [1.29, 1.82) is 0 Å².